The molecule has 0 aliphatic carbocycles. The van der Waals surface area contributed by atoms with Crippen molar-refractivity contribution in [1.82, 2.24) is 10.2 Å². The van der Waals surface area contributed by atoms with Gasteiger partial charge in [-0.1, -0.05) is 0 Å². The third-order valence-electron chi connectivity index (χ3n) is 3.10. The average Bonchev–Trinajstić information content (AvgIpc) is 2.92. The van der Waals surface area contributed by atoms with Crippen molar-refractivity contribution in [2.45, 2.75) is 30.8 Å². The fourth-order valence-corrected chi connectivity index (χ4v) is 3.36. The van der Waals surface area contributed by atoms with Gasteiger partial charge in [-0.2, -0.15) is 5.10 Å². The van der Waals surface area contributed by atoms with Crippen LogP contribution in [-0.4, -0.2) is 24.2 Å². The Hall–Kier alpha value is -2.02. The van der Waals surface area contributed by atoms with E-state index < -0.39 is 10.0 Å². The normalized spacial score (nSPS) is 16.5. The number of ether oxygens (including phenoxy) is 1. The molecule has 20 heavy (non-hydrogen) atoms. The zero-order chi connectivity index (χ0) is 14.4. The van der Waals surface area contributed by atoms with Crippen molar-refractivity contribution in [1.29, 1.82) is 0 Å². The minimum absolute atomic E-state index is 0.221. The maximum Gasteiger partial charge on any atom is 0.262 e. The number of aromatic nitrogens is 2. The van der Waals surface area contributed by atoms with Gasteiger partial charge in [-0.25, -0.2) is 8.42 Å². The maximum absolute atomic E-state index is 12.3. The second-order valence-electron chi connectivity index (χ2n) is 5.40. The zero-order valence-corrected chi connectivity index (χ0v) is 12.0. The van der Waals surface area contributed by atoms with Crippen molar-refractivity contribution < 1.29 is 13.2 Å². The third kappa shape index (κ3) is 2.36. The molecule has 0 unspecified atom stereocenters. The predicted molar refractivity (Wildman–Crippen MR) is 74.2 cm³/mol. The summed E-state index contributed by atoms with van der Waals surface area (Å²) in [6.07, 6.45) is 3.59. The molecule has 106 valence electrons. The summed E-state index contributed by atoms with van der Waals surface area (Å²) in [6, 6.07) is 4.91. The Kier molecular flexibility index (Phi) is 2.75. The van der Waals surface area contributed by atoms with Gasteiger partial charge in [-0.05, 0) is 37.6 Å². The molecule has 0 radical (unpaired) electrons. The van der Waals surface area contributed by atoms with E-state index in [1.807, 2.05) is 13.8 Å². The van der Waals surface area contributed by atoms with Crippen molar-refractivity contribution in [2.75, 3.05) is 4.72 Å². The van der Waals surface area contributed by atoms with E-state index in [4.69, 9.17) is 4.74 Å². The lowest BCUT2D eigenvalue weighted by atomic mass is 10.0. The van der Waals surface area contributed by atoms with Gasteiger partial charge in [0.05, 0.1) is 16.8 Å². The zero-order valence-electron chi connectivity index (χ0n) is 11.2. The van der Waals surface area contributed by atoms with Crippen LogP contribution in [0.3, 0.4) is 0 Å². The molecule has 2 heterocycles. The number of nitrogens with one attached hydrogen (secondary N) is 2. The van der Waals surface area contributed by atoms with Crippen LogP contribution < -0.4 is 9.46 Å². The van der Waals surface area contributed by atoms with Gasteiger partial charge in [-0.3, -0.25) is 9.82 Å². The van der Waals surface area contributed by atoms with E-state index in [9.17, 15) is 8.42 Å². The summed E-state index contributed by atoms with van der Waals surface area (Å²) in [4.78, 5) is 0.221. The van der Waals surface area contributed by atoms with Crippen LogP contribution in [-0.2, 0) is 16.4 Å². The van der Waals surface area contributed by atoms with Gasteiger partial charge in [0.2, 0.25) is 0 Å². The van der Waals surface area contributed by atoms with Crippen LogP contribution in [0.5, 0.6) is 5.75 Å². The number of rotatable bonds is 3. The number of anilines is 1. The predicted octanol–water partition coefficient (Wildman–Crippen LogP) is 1.92. The Balaban J connectivity index is 1.92. The van der Waals surface area contributed by atoms with Crippen LogP contribution >= 0.6 is 0 Å². The molecule has 3 rings (SSSR count). The minimum Gasteiger partial charge on any atom is -0.487 e. The molecule has 1 aliphatic heterocycles. The van der Waals surface area contributed by atoms with Crippen molar-refractivity contribution in [2.24, 2.45) is 0 Å². The van der Waals surface area contributed by atoms with Gasteiger partial charge in [0.15, 0.2) is 0 Å². The van der Waals surface area contributed by atoms with E-state index in [0.717, 1.165) is 11.3 Å². The highest BCUT2D eigenvalue weighted by atomic mass is 32.2. The summed E-state index contributed by atoms with van der Waals surface area (Å²) in [5, 5.41) is 6.26. The highest BCUT2D eigenvalue weighted by Crippen LogP contribution is 2.36. The first-order valence-electron chi connectivity index (χ1n) is 6.19. The molecule has 7 heteroatoms. The van der Waals surface area contributed by atoms with E-state index in [2.05, 4.69) is 14.9 Å². The lowest BCUT2D eigenvalue weighted by Crippen LogP contribution is -2.24. The topological polar surface area (TPSA) is 84.1 Å². The van der Waals surface area contributed by atoms with Crippen molar-refractivity contribution in [3.05, 3.63) is 36.2 Å². The first kappa shape index (κ1) is 13.0. The number of hydrogen-bond donors (Lipinski definition) is 2. The maximum atomic E-state index is 12.3. The Morgan fingerprint density at radius 3 is 2.90 bits per heavy atom. The molecule has 6 nitrogen and oxygen atoms in total. The van der Waals surface area contributed by atoms with E-state index in [1.54, 1.807) is 18.2 Å². The molecule has 1 aromatic carbocycles. The number of aromatic amines is 1. The number of fused-ring (bicyclic) bond motifs is 1. The second kappa shape index (κ2) is 4.24. The quantitative estimate of drug-likeness (QED) is 0.905. The van der Waals surface area contributed by atoms with Crippen molar-refractivity contribution in [3.63, 3.8) is 0 Å². The SMILES string of the molecule is CC1(C)Cc2cc(S(=O)(=O)Nc3cn[nH]c3)ccc2O1. The smallest absolute Gasteiger partial charge is 0.262 e. The molecule has 2 N–H and O–H groups in total. The van der Waals surface area contributed by atoms with Crippen LogP contribution in [0.25, 0.3) is 0 Å². The number of benzene rings is 1. The second-order valence-corrected chi connectivity index (χ2v) is 7.08. The fraction of sp³-hybridized carbons (Fsp3) is 0.308. The van der Waals surface area contributed by atoms with E-state index in [1.165, 1.54) is 12.4 Å². The van der Waals surface area contributed by atoms with Gasteiger partial charge in [0, 0.05) is 12.6 Å². The summed E-state index contributed by atoms with van der Waals surface area (Å²) in [6.45, 7) is 3.95. The summed E-state index contributed by atoms with van der Waals surface area (Å²) >= 11 is 0. The molecule has 1 aliphatic rings. The van der Waals surface area contributed by atoms with E-state index in [0.29, 0.717) is 12.1 Å². The molecular formula is C13H15N3O3S. The van der Waals surface area contributed by atoms with Gasteiger partial charge in [0.25, 0.3) is 10.0 Å². The van der Waals surface area contributed by atoms with Crippen LogP contribution in [0.15, 0.2) is 35.5 Å². The van der Waals surface area contributed by atoms with Gasteiger partial charge in [0.1, 0.15) is 11.4 Å². The lowest BCUT2D eigenvalue weighted by Gasteiger charge is -2.16. The highest BCUT2D eigenvalue weighted by Gasteiger charge is 2.31. The summed E-state index contributed by atoms with van der Waals surface area (Å²) in [7, 11) is -3.61. The Bertz CT molecular complexity index is 736. The molecule has 0 saturated carbocycles. The molecule has 0 amide bonds. The summed E-state index contributed by atoms with van der Waals surface area (Å²) in [5.74, 6) is 0.747. The number of sulfonamides is 1. The van der Waals surface area contributed by atoms with Crippen LogP contribution in [0.2, 0.25) is 0 Å². The standard InChI is InChI=1S/C13H15N3O3S/c1-13(2)6-9-5-11(3-4-12(9)19-13)20(17,18)16-10-7-14-15-8-10/h3-5,7-8,16H,6H2,1-2H3,(H,14,15). The minimum atomic E-state index is -3.61. The van der Waals surface area contributed by atoms with Gasteiger partial charge < -0.3 is 4.74 Å². The van der Waals surface area contributed by atoms with Gasteiger partial charge in [-0.15, -0.1) is 0 Å². The van der Waals surface area contributed by atoms with E-state index in [-0.39, 0.29) is 10.5 Å². The molecule has 0 spiro atoms. The van der Waals surface area contributed by atoms with Crippen molar-refractivity contribution >= 4 is 15.7 Å². The molecule has 0 fully saturated rings. The molecule has 2 aromatic rings. The first-order chi connectivity index (χ1) is 9.36. The molecule has 0 bridgehead atoms. The van der Waals surface area contributed by atoms with Crippen molar-refractivity contribution in [3.8, 4) is 5.75 Å². The Morgan fingerprint density at radius 1 is 1.40 bits per heavy atom. The monoisotopic (exact) mass is 293 g/mol. The number of hydrogen-bond acceptors (Lipinski definition) is 4. The highest BCUT2D eigenvalue weighted by molar-refractivity contribution is 7.92. The van der Waals surface area contributed by atoms with Gasteiger partial charge >= 0.3 is 0 Å². The van der Waals surface area contributed by atoms with Crippen LogP contribution in [0.1, 0.15) is 19.4 Å². The molecule has 0 atom stereocenters. The van der Waals surface area contributed by atoms with Crippen LogP contribution in [0, 0.1) is 0 Å². The molecule has 0 saturated heterocycles. The largest absolute Gasteiger partial charge is 0.487 e. The number of H-pyrrole nitrogens is 1. The third-order valence-corrected chi connectivity index (χ3v) is 4.47. The Morgan fingerprint density at radius 2 is 2.20 bits per heavy atom. The fourth-order valence-electron chi connectivity index (χ4n) is 2.27. The number of nitrogens with zero attached hydrogens (tertiary/aromatic N) is 1. The molecular weight excluding hydrogens is 278 g/mol. The Labute approximate surface area is 117 Å². The average molecular weight is 293 g/mol. The van der Waals surface area contributed by atoms with Crippen LogP contribution in [0.4, 0.5) is 5.69 Å². The lowest BCUT2D eigenvalue weighted by molar-refractivity contribution is 0.138. The summed E-state index contributed by atoms with van der Waals surface area (Å²) < 4.78 is 32.7. The first-order valence-corrected chi connectivity index (χ1v) is 7.68. The molecule has 1 aromatic heterocycles. The summed E-state index contributed by atoms with van der Waals surface area (Å²) in [5.41, 5.74) is 1.02. The van der Waals surface area contributed by atoms with E-state index >= 15 is 0 Å².